The van der Waals surface area contributed by atoms with Crippen LogP contribution in [0, 0.1) is 18.2 Å². The maximum absolute atomic E-state index is 13.4. The van der Waals surface area contributed by atoms with E-state index in [2.05, 4.69) is 4.98 Å². The molecule has 0 unspecified atom stereocenters. The van der Waals surface area contributed by atoms with Crippen LogP contribution in [0.3, 0.4) is 0 Å². The van der Waals surface area contributed by atoms with Crippen molar-refractivity contribution in [1.82, 2.24) is 14.8 Å². The summed E-state index contributed by atoms with van der Waals surface area (Å²) in [7, 11) is 0. The molecule has 0 radical (unpaired) electrons. The number of rotatable bonds is 4. The molecule has 5 nitrogen and oxygen atoms in total. The second-order valence-electron chi connectivity index (χ2n) is 8.57. The van der Waals surface area contributed by atoms with Gasteiger partial charge in [-0.25, -0.2) is 4.39 Å². The first-order valence-corrected chi connectivity index (χ1v) is 10.7. The van der Waals surface area contributed by atoms with Gasteiger partial charge in [0.1, 0.15) is 5.82 Å². The molecule has 1 aromatic heterocycles. The molecular weight excluding hydrogens is 381 g/mol. The number of aromatic nitrogens is 1. The van der Waals surface area contributed by atoms with E-state index in [0.29, 0.717) is 38.0 Å². The Kier molecular flexibility index (Phi) is 5.84. The van der Waals surface area contributed by atoms with Crippen LogP contribution in [0.5, 0.6) is 0 Å². The summed E-state index contributed by atoms with van der Waals surface area (Å²) in [5, 5.41) is 0. The Bertz CT molecular complexity index is 938. The van der Waals surface area contributed by atoms with Gasteiger partial charge in [0.25, 0.3) is 0 Å². The van der Waals surface area contributed by atoms with Crippen LogP contribution in [0.25, 0.3) is 0 Å². The number of piperidine rings is 2. The van der Waals surface area contributed by atoms with Crippen molar-refractivity contribution < 1.29 is 14.0 Å². The summed E-state index contributed by atoms with van der Waals surface area (Å²) < 4.78 is 13.4. The van der Waals surface area contributed by atoms with Crippen molar-refractivity contribution in [2.45, 2.75) is 45.6 Å². The van der Waals surface area contributed by atoms with E-state index in [-0.39, 0.29) is 29.5 Å². The third-order valence-electron chi connectivity index (χ3n) is 6.44. The van der Waals surface area contributed by atoms with E-state index >= 15 is 0 Å². The highest BCUT2D eigenvalue weighted by Gasteiger charge is 2.46. The fourth-order valence-corrected chi connectivity index (χ4v) is 4.77. The Morgan fingerprint density at radius 3 is 2.60 bits per heavy atom. The number of nitrogens with zero attached hydrogens (tertiary/aromatic N) is 3. The summed E-state index contributed by atoms with van der Waals surface area (Å²) in [6.45, 7) is 4.43. The second kappa shape index (κ2) is 8.54. The molecule has 4 rings (SSSR count). The van der Waals surface area contributed by atoms with Gasteiger partial charge in [-0.15, -0.1) is 0 Å². The summed E-state index contributed by atoms with van der Waals surface area (Å²) in [6, 6.07) is 12.1. The summed E-state index contributed by atoms with van der Waals surface area (Å²) in [5.41, 5.74) is 2.20. The molecule has 158 valence electrons. The van der Waals surface area contributed by atoms with Crippen molar-refractivity contribution in [1.29, 1.82) is 0 Å². The smallest absolute Gasteiger partial charge is 0.229 e. The molecule has 2 aromatic rings. The molecule has 0 bridgehead atoms. The molecule has 0 aliphatic carbocycles. The molecule has 2 aliphatic heterocycles. The Morgan fingerprint density at radius 1 is 1.10 bits per heavy atom. The number of halogens is 1. The largest absolute Gasteiger partial charge is 0.342 e. The Morgan fingerprint density at radius 2 is 1.87 bits per heavy atom. The van der Waals surface area contributed by atoms with E-state index in [1.165, 1.54) is 12.1 Å². The zero-order valence-corrected chi connectivity index (χ0v) is 17.4. The quantitative estimate of drug-likeness (QED) is 0.777. The first-order chi connectivity index (χ1) is 14.4. The summed E-state index contributed by atoms with van der Waals surface area (Å²) in [5.74, 6) is -0.122. The van der Waals surface area contributed by atoms with Gasteiger partial charge in [-0.2, -0.15) is 0 Å². The van der Waals surface area contributed by atoms with Crippen LogP contribution in [-0.2, 0) is 22.6 Å². The van der Waals surface area contributed by atoms with E-state index in [4.69, 9.17) is 0 Å². The number of carbonyl (C=O) groups is 2. The lowest BCUT2D eigenvalue weighted by molar-refractivity contribution is -0.153. The topological polar surface area (TPSA) is 53.5 Å². The molecule has 0 atom stereocenters. The predicted molar refractivity (Wildman–Crippen MR) is 112 cm³/mol. The van der Waals surface area contributed by atoms with E-state index < -0.39 is 0 Å². The number of amides is 2. The van der Waals surface area contributed by atoms with Crippen LogP contribution in [0.2, 0.25) is 0 Å². The van der Waals surface area contributed by atoms with Crippen molar-refractivity contribution >= 4 is 11.8 Å². The Hall–Kier alpha value is -2.76. The Balaban J connectivity index is 1.37. The normalized spacial score (nSPS) is 18.7. The van der Waals surface area contributed by atoms with Gasteiger partial charge in [-0.1, -0.05) is 18.2 Å². The van der Waals surface area contributed by atoms with Gasteiger partial charge >= 0.3 is 0 Å². The first-order valence-electron chi connectivity index (χ1n) is 10.7. The molecular formula is C24H28FN3O2. The fourth-order valence-electron chi connectivity index (χ4n) is 4.77. The lowest BCUT2D eigenvalue weighted by atomic mass is 9.71. The van der Waals surface area contributed by atoms with Crippen molar-refractivity contribution in [2.75, 3.05) is 19.6 Å². The number of hydrogen-bond acceptors (Lipinski definition) is 3. The molecule has 3 heterocycles. The van der Waals surface area contributed by atoms with E-state index in [0.717, 1.165) is 30.8 Å². The van der Waals surface area contributed by atoms with Gasteiger partial charge in [-0.05, 0) is 62.4 Å². The predicted octanol–water partition coefficient (Wildman–Crippen LogP) is 3.50. The van der Waals surface area contributed by atoms with Crippen molar-refractivity contribution in [2.24, 2.45) is 5.41 Å². The van der Waals surface area contributed by atoms with Crippen molar-refractivity contribution in [3.63, 3.8) is 0 Å². The average Bonchev–Trinajstić information content (AvgIpc) is 2.72. The molecule has 6 heteroatoms. The zero-order chi connectivity index (χ0) is 21.1. The van der Waals surface area contributed by atoms with E-state index in [9.17, 15) is 14.0 Å². The highest BCUT2D eigenvalue weighted by Crippen LogP contribution is 2.41. The van der Waals surface area contributed by atoms with Gasteiger partial charge in [0.2, 0.25) is 11.8 Å². The van der Waals surface area contributed by atoms with Crippen LogP contribution in [0.4, 0.5) is 4.39 Å². The monoisotopic (exact) mass is 409 g/mol. The van der Waals surface area contributed by atoms with Crippen LogP contribution in [-0.4, -0.2) is 46.2 Å². The number of likely N-dealkylation sites (tertiary alicyclic amines) is 2. The maximum Gasteiger partial charge on any atom is 0.229 e. The zero-order valence-electron chi connectivity index (χ0n) is 17.4. The van der Waals surface area contributed by atoms with E-state index in [1.54, 1.807) is 12.1 Å². The summed E-state index contributed by atoms with van der Waals surface area (Å²) in [4.78, 5) is 34.3. The fraction of sp³-hybridized carbons (Fsp3) is 0.458. The van der Waals surface area contributed by atoms with Crippen LogP contribution in [0.1, 0.15) is 42.6 Å². The van der Waals surface area contributed by atoms with Gasteiger partial charge < -0.3 is 9.80 Å². The number of pyridine rings is 1. The minimum absolute atomic E-state index is 0.000440. The van der Waals surface area contributed by atoms with Gasteiger partial charge in [-0.3, -0.25) is 14.6 Å². The minimum Gasteiger partial charge on any atom is -0.342 e. The molecule has 0 saturated carbocycles. The minimum atomic E-state index is -0.363. The van der Waals surface area contributed by atoms with E-state index in [1.807, 2.05) is 34.9 Å². The number of aryl methyl sites for hydroxylation is 1. The number of carbonyl (C=O) groups excluding carboxylic acids is 2. The summed E-state index contributed by atoms with van der Waals surface area (Å²) in [6.07, 6.45) is 3.45. The van der Waals surface area contributed by atoms with Crippen molar-refractivity contribution in [3.8, 4) is 0 Å². The third-order valence-corrected chi connectivity index (χ3v) is 6.44. The van der Waals surface area contributed by atoms with Crippen LogP contribution in [0.15, 0.2) is 42.5 Å². The molecule has 2 aliphatic rings. The lowest BCUT2D eigenvalue weighted by Gasteiger charge is -2.46. The summed E-state index contributed by atoms with van der Waals surface area (Å²) >= 11 is 0. The van der Waals surface area contributed by atoms with Gasteiger partial charge in [0, 0.05) is 25.3 Å². The van der Waals surface area contributed by atoms with Gasteiger partial charge in [0.05, 0.1) is 24.1 Å². The van der Waals surface area contributed by atoms with Crippen LogP contribution >= 0.6 is 0 Å². The molecule has 1 aromatic carbocycles. The molecule has 2 fully saturated rings. The Labute approximate surface area is 176 Å². The second-order valence-corrected chi connectivity index (χ2v) is 8.57. The molecule has 1 spiro atoms. The standard InChI is InChI=1S/C24H28FN3O2/c1-18-5-2-8-21(26-18)17-28-12-4-9-24(23(28)30)10-13-27(14-11-24)22(29)16-19-6-3-7-20(25)15-19/h2-3,5-8,15H,4,9-14,16-17H2,1H3. The maximum atomic E-state index is 13.4. The highest BCUT2D eigenvalue weighted by molar-refractivity contribution is 5.84. The number of benzene rings is 1. The van der Waals surface area contributed by atoms with Gasteiger partial charge in [0.15, 0.2) is 0 Å². The average molecular weight is 410 g/mol. The SMILES string of the molecule is Cc1cccc(CN2CCCC3(CCN(C(=O)Cc4cccc(F)c4)CC3)C2=O)n1. The first kappa shape index (κ1) is 20.5. The molecule has 30 heavy (non-hydrogen) atoms. The van der Waals surface area contributed by atoms with Crippen molar-refractivity contribution in [3.05, 3.63) is 65.2 Å². The van der Waals surface area contributed by atoms with Crippen LogP contribution < -0.4 is 0 Å². The lowest BCUT2D eigenvalue weighted by Crippen LogP contribution is -2.54. The molecule has 0 N–H and O–H groups in total. The molecule has 2 amide bonds. The third kappa shape index (κ3) is 4.37. The highest BCUT2D eigenvalue weighted by atomic mass is 19.1. The molecule has 2 saturated heterocycles. The number of hydrogen-bond donors (Lipinski definition) is 0.